The molecule has 0 bridgehead atoms. The molecule has 2 aromatic rings. The van der Waals surface area contributed by atoms with E-state index in [4.69, 9.17) is 9.47 Å². The molecule has 0 radical (unpaired) electrons. The third-order valence-corrected chi connectivity index (χ3v) is 3.58. The minimum Gasteiger partial charge on any atom is -0.493 e. The van der Waals surface area contributed by atoms with Crippen molar-refractivity contribution in [2.24, 2.45) is 0 Å². The van der Waals surface area contributed by atoms with E-state index in [1.165, 1.54) is 5.56 Å². The molecule has 3 heteroatoms. The molecule has 0 saturated carbocycles. The lowest BCUT2D eigenvalue weighted by molar-refractivity contribution is 0.242. The highest BCUT2D eigenvalue weighted by Crippen LogP contribution is 2.33. The molecule has 0 amide bonds. The van der Waals surface area contributed by atoms with Gasteiger partial charge in [-0.3, -0.25) is 0 Å². The summed E-state index contributed by atoms with van der Waals surface area (Å²) in [4.78, 5) is 0. The highest BCUT2D eigenvalue weighted by Gasteiger charge is 2.23. The van der Waals surface area contributed by atoms with Crippen LogP contribution in [0.15, 0.2) is 48.5 Å². The molecular formula is C18H21NO2. The van der Waals surface area contributed by atoms with E-state index in [2.05, 4.69) is 29.6 Å². The van der Waals surface area contributed by atoms with Crippen LogP contribution in [0.1, 0.15) is 25.3 Å². The Morgan fingerprint density at radius 2 is 1.90 bits per heavy atom. The Morgan fingerprint density at radius 3 is 2.67 bits per heavy atom. The second-order valence-corrected chi connectivity index (χ2v) is 5.62. The summed E-state index contributed by atoms with van der Waals surface area (Å²) < 4.78 is 11.3. The summed E-state index contributed by atoms with van der Waals surface area (Å²) in [5, 5.41) is 3.47. The van der Waals surface area contributed by atoms with Gasteiger partial charge < -0.3 is 14.8 Å². The van der Waals surface area contributed by atoms with Gasteiger partial charge in [-0.2, -0.15) is 0 Å². The topological polar surface area (TPSA) is 30.5 Å². The number of benzene rings is 2. The van der Waals surface area contributed by atoms with Gasteiger partial charge in [0.15, 0.2) is 0 Å². The molecule has 3 rings (SSSR count). The maximum Gasteiger partial charge on any atom is 0.122 e. The normalized spacial score (nSPS) is 16.4. The van der Waals surface area contributed by atoms with E-state index in [1.54, 1.807) is 0 Å². The largest absolute Gasteiger partial charge is 0.493 e. The monoisotopic (exact) mass is 283 g/mol. The van der Waals surface area contributed by atoms with Crippen molar-refractivity contribution in [2.45, 2.75) is 25.9 Å². The molecule has 0 fully saturated rings. The smallest absolute Gasteiger partial charge is 0.122 e. The Hall–Kier alpha value is -2.16. The molecule has 21 heavy (non-hydrogen) atoms. The van der Waals surface area contributed by atoms with Gasteiger partial charge in [0, 0.05) is 23.7 Å². The SMILES string of the molecule is CC(C)Oc1ccc(NCC2COc3ccccc32)cc1. The van der Waals surface area contributed by atoms with E-state index in [9.17, 15) is 0 Å². The highest BCUT2D eigenvalue weighted by molar-refractivity contribution is 5.48. The summed E-state index contributed by atoms with van der Waals surface area (Å²) in [5.41, 5.74) is 2.40. The van der Waals surface area contributed by atoms with Crippen LogP contribution in [0.3, 0.4) is 0 Å². The van der Waals surface area contributed by atoms with E-state index in [0.29, 0.717) is 5.92 Å². The molecule has 1 aliphatic heterocycles. The van der Waals surface area contributed by atoms with E-state index >= 15 is 0 Å². The molecule has 0 spiro atoms. The molecule has 1 N–H and O–H groups in total. The van der Waals surface area contributed by atoms with Crippen molar-refractivity contribution in [3.63, 3.8) is 0 Å². The summed E-state index contributed by atoms with van der Waals surface area (Å²) in [6.07, 6.45) is 0.205. The molecule has 0 saturated heterocycles. The first-order valence-corrected chi connectivity index (χ1v) is 7.44. The zero-order chi connectivity index (χ0) is 14.7. The van der Waals surface area contributed by atoms with Crippen molar-refractivity contribution in [3.05, 3.63) is 54.1 Å². The predicted molar refractivity (Wildman–Crippen MR) is 85.4 cm³/mol. The zero-order valence-corrected chi connectivity index (χ0v) is 12.5. The molecule has 3 nitrogen and oxygen atoms in total. The first-order valence-electron chi connectivity index (χ1n) is 7.44. The maximum absolute atomic E-state index is 5.70. The van der Waals surface area contributed by atoms with Crippen molar-refractivity contribution in [1.29, 1.82) is 0 Å². The lowest BCUT2D eigenvalue weighted by atomic mass is 10.0. The van der Waals surface area contributed by atoms with Crippen molar-refractivity contribution in [1.82, 2.24) is 0 Å². The minimum atomic E-state index is 0.205. The Morgan fingerprint density at radius 1 is 1.14 bits per heavy atom. The molecule has 1 aliphatic rings. The van der Waals surface area contributed by atoms with Gasteiger partial charge in [-0.25, -0.2) is 0 Å². The van der Waals surface area contributed by atoms with Crippen LogP contribution in [0.25, 0.3) is 0 Å². The van der Waals surface area contributed by atoms with Crippen LogP contribution in [0.4, 0.5) is 5.69 Å². The van der Waals surface area contributed by atoms with Crippen molar-refractivity contribution < 1.29 is 9.47 Å². The van der Waals surface area contributed by atoms with E-state index in [1.807, 2.05) is 38.1 Å². The fourth-order valence-electron chi connectivity index (χ4n) is 2.56. The number of rotatable bonds is 5. The molecule has 110 valence electrons. The summed E-state index contributed by atoms with van der Waals surface area (Å²) in [6, 6.07) is 16.4. The fourth-order valence-corrected chi connectivity index (χ4v) is 2.56. The molecule has 1 unspecified atom stereocenters. The summed E-state index contributed by atoms with van der Waals surface area (Å²) in [6.45, 7) is 5.69. The number of nitrogens with one attached hydrogen (secondary N) is 1. The van der Waals surface area contributed by atoms with Gasteiger partial charge in [0.05, 0.1) is 12.7 Å². The molecule has 2 aromatic carbocycles. The molecule has 0 aliphatic carbocycles. The van der Waals surface area contributed by atoms with Crippen LogP contribution in [-0.2, 0) is 0 Å². The van der Waals surface area contributed by atoms with Gasteiger partial charge in [0.2, 0.25) is 0 Å². The highest BCUT2D eigenvalue weighted by atomic mass is 16.5. The first-order chi connectivity index (χ1) is 10.2. The molecule has 1 heterocycles. The molecule has 0 aromatic heterocycles. The third-order valence-electron chi connectivity index (χ3n) is 3.58. The Kier molecular flexibility index (Phi) is 4.00. The number of hydrogen-bond donors (Lipinski definition) is 1. The number of anilines is 1. The average Bonchev–Trinajstić information content (AvgIpc) is 2.89. The van der Waals surface area contributed by atoms with Crippen LogP contribution in [-0.4, -0.2) is 19.3 Å². The lowest BCUT2D eigenvalue weighted by Gasteiger charge is -2.13. The zero-order valence-electron chi connectivity index (χ0n) is 12.5. The van der Waals surface area contributed by atoms with Crippen molar-refractivity contribution >= 4 is 5.69 Å². The van der Waals surface area contributed by atoms with Crippen LogP contribution in [0, 0.1) is 0 Å². The third kappa shape index (κ3) is 3.30. The summed E-state index contributed by atoms with van der Waals surface area (Å²) >= 11 is 0. The van der Waals surface area contributed by atoms with Crippen molar-refractivity contribution in [2.75, 3.05) is 18.5 Å². The van der Waals surface area contributed by atoms with Gasteiger partial charge in [0.1, 0.15) is 11.5 Å². The first kappa shape index (κ1) is 13.8. The Bertz CT molecular complexity index is 592. The van der Waals surface area contributed by atoms with Gasteiger partial charge in [-0.05, 0) is 44.2 Å². The summed E-state index contributed by atoms with van der Waals surface area (Å²) in [7, 11) is 0. The number of fused-ring (bicyclic) bond motifs is 1. The number of ether oxygens (including phenoxy) is 2. The standard InChI is InChI=1S/C18H21NO2/c1-13(2)21-16-9-7-15(8-10-16)19-11-14-12-20-18-6-4-3-5-17(14)18/h3-10,13-14,19H,11-12H2,1-2H3. The maximum atomic E-state index is 5.70. The minimum absolute atomic E-state index is 0.205. The summed E-state index contributed by atoms with van der Waals surface area (Å²) in [5.74, 6) is 2.34. The molecular weight excluding hydrogens is 262 g/mol. The van der Waals surface area contributed by atoms with Gasteiger partial charge in [-0.1, -0.05) is 18.2 Å². The van der Waals surface area contributed by atoms with E-state index in [-0.39, 0.29) is 6.10 Å². The second-order valence-electron chi connectivity index (χ2n) is 5.62. The Balaban J connectivity index is 1.59. The average molecular weight is 283 g/mol. The number of para-hydroxylation sites is 1. The number of hydrogen-bond acceptors (Lipinski definition) is 3. The van der Waals surface area contributed by atoms with Crippen molar-refractivity contribution in [3.8, 4) is 11.5 Å². The lowest BCUT2D eigenvalue weighted by Crippen LogP contribution is -2.13. The Labute approximate surface area is 125 Å². The second kappa shape index (κ2) is 6.08. The fraction of sp³-hybridized carbons (Fsp3) is 0.333. The predicted octanol–water partition coefficient (Wildman–Crippen LogP) is 4.06. The van der Waals surface area contributed by atoms with E-state index < -0.39 is 0 Å². The van der Waals surface area contributed by atoms with Crippen LogP contribution in [0.5, 0.6) is 11.5 Å². The van der Waals surface area contributed by atoms with Crippen LogP contribution < -0.4 is 14.8 Å². The van der Waals surface area contributed by atoms with Gasteiger partial charge in [0.25, 0.3) is 0 Å². The quantitative estimate of drug-likeness (QED) is 0.897. The molecule has 1 atom stereocenters. The van der Waals surface area contributed by atoms with Gasteiger partial charge in [-0.15, -0.1) is 0 Å². The van der Waals surface area contributed by atoms with Gasteiger partial charge >= 0.3 is 0 Å². The van der Waals surface area contributed by atoms with Crippen LogP contribution >= 0.6 is 0 Å². The van der Waals surface area contributed by atoms with Crippen LogP contribution in [0.2, 0.25) is 0 Å². The van der Waals surface area contributed by atoms with E-state index in [0.717, 1.165) is 30.3 Å².